The smallest absolute Gasteiger partial charge is 0.160 e. The van der Waals surface area contributed by atoms with Gasteiger partial charge >= 0.3 is 0 Å². The predicted octanol–water partition coefficient (Wildman–Crippen LogP) is 6.16. The fourth-order valence-corrected chi connectivity index (χ4v) is 4.57. The highest BCUT2D eigenvalue weighted by molar-refractivity contribution is 6.33. The molecule has 2 heterocycles. The van der Waals surface area contributed by atoms with Gasteiger partial charge in [-0.15, -0.1) is 0 Å². The van der Waals surface area contributed by atoms with E-state index in [-0.39, 0.29) is 0 Å². The molecule has 3 rings (SSSR count). The maximum Gasteiger partial charge on any atom is 0.160 e. The summed E-state index contributed by atoms with van der Waals surface area (Å²) < 4.78 is 2.01. The summed E-state index contributed by atoms with van der Waals surface area (Å²) in [5.74, 6) is 2.23. The quantitative estimate of drug-likeness (QED) is 0.550. The molecule has 148 valence electrons. The molecule has 0 amide bonds. The molecule has 1 aromatic carbocycles. The number of anilines is 3. The van der Waals surface area contributed by atoms with Crippen LogP contribution >= 0.6 is 11.6 Å². The van der Waals surface area contributed by atoms with E-state index in [1.165, 1.54) is 54.6 Å². The van der Waals surface area contributed by atoms with Gasteiger partial charge in [0.25, 0.3) is 0 Å². The van der Waals surface area contributed by atoms with Gasteiger partial charge in [0.05, 0.1) is 10.7 Å². The number of hydrogen-bond acceptors (Lipinski definition) is 3. The Balaban J connectivity index is 1.79. The Kier molecular flexibility index (Phi) is 6.69. The lowest BCUT2D eigenvalue weighted by molar-refractivity contribution is 0.642. The summed E-state index contributed by atoms with van der Waals surface area (Å²) in [6.07, 6.45) is 8.67. The molecule has 0 saturated heterocycles. The highest BCUT2D eigenvalue weighted by atomic mass is 35.5. The third kappa shape index (κ3) is 4.43. The molecule has 0 aliphatic carbocycles. The third-order valence-electron chi connectivity index (χ3n) is 5.43. The standard InChI is InChI=1S/C22H33ClN4/c1-5-6-7-8-9-12-24-21-18-11-10-13-27(22(18)25-26(21)4)20-17(3)14-16(2)15-19(20)23/h14-15,24H,5-13H2,1-4H3. The van der Waals surface area contributed by atoms with E-state index in [1.54, 1.807) is 0 Å². The molecule has 4 nitrogen and oxygen atoms in total. The normalized spacial score (nSPS) is 13.7. The number of aryl methyl sites for hydroxylation is 3. The lowest BCUT2D eigenvalue weighted by Crippen LogP contribution is -2.25. The first-order valence-electron chi connectivity index (χ1n) is 10.4. The van der Waals surface area contributed by atoms with Crippen molar-refractivity contribution in [2.24, 2.45) is 7.05 Å². The van der Waals surface area contributed by atoms with Gasteiger partial charge in [-0.2, -0.15) is 5.10 Å². The Bertz CT molecular complexity index is 758. The van der Waals surface area contributed by atoms with Crippen molar-refractivity contribution >= 4 is 28.9 Å². The molecule has 2 aromatic rings. The number of benzene rings is 1. The number of unbranched alkanes of at least 4 members (excludes halogenated alkanes) is 4. The van der Waals surface area contributed by atoms with Crippen molar-refractivity contribution in [2.75, 3.05) is 23.3 Å². The molecule has 0 radical (unpaired) electrons. The summed E-state index contributed by atoms with van der Waals surface area (Å²) in [6, 6.07) is 4.25. The highest BCUT2D eigenvalue weighted by Crippen LogP contribution is 2.41. The average Bonchev–Trinajstić information content (AvgIpc) is 2.93. The summed E-state index contributed by atoms with van der Waals surface area (Å²) in [5.41, 5.74) is 4.84. The summed E-state index contributed by atoms with van der Waals surface area (Å²) in [7, 11) is 2.04. The lowest BCUT2D eigenvalue weighted by Gasteiger charge is -2.30. The summed E-state index contributed by atoms with van der Waals surface area (Å²) in [6.45, 7) is 8.46. The molecule has 27 heavy (non-hydrogen) atoms. The molecule has 0 spiro atoms. The van der Waals surface area contributed by atoms with E-state index >= 15 is 0 Å². The van der Waals surface area contributed by atoms with Crippen molar-refractivity contribution in [1.82, 2.24) is 9.78 Å². The van der Waals surface area contributed by atoms with Crippen LogP contribution in [-0.4, -0.2) is 22.9 Å². The van der Waals surface area contributed by atoms with Crippen molar-refractivity contribution in [3.8, 4) is 0 Å². The van der Waals surface area contributed by atoms with Crippen LogP contribution in [0.2, 0.25) is 5.02 Å². The molecule has 1 aliphatic heterocycles. The second kappa shape index (κ2) is 9.01. The van der Waals surface area contributed by atoms with Crippen LogP contribution < -0.4 is 10.2 Å². The van der Waals surface area contributed by atoms with E-state index in [4.69, 9.17) is 16.7 Å². The monoisotopic (exact) mass is 388 g/mol. The highest BCUT2D eigenvalue weighted by Gasteiger charge is 2.28. The van der Waals surface area contributed by atoms with Gasteiger partial charge in [0.15, 0.2) is 5.82 Å². The number of halogens is 1. The minimum atomic E-state index is 0.816. The Morgan fingerprint density at radius 2 is 1.93 bits per heavy atom. The number of hydrogen-bond donors (Lipinski definition) is 1. The molecule has 0 atom stereocenters. The minimum absolute atomic E-state index is 0.816. The lowest BCUT2D eigenvalue weighted by atomic mass is 10.0. The van der Waals surface area contributed by atoms with Gasteiger partial charge in [-0.1, -0.05) is 50.3 Å². The van der Waals surface area contributed by atoms with Gasteiger partial charge in [0.2, 0.25) is 0 Å². The van der Waals surface area contributed by atoms with Crippen molar-refractivity contribution < 1.29 is 0 Å². The SMILES string of the molecule is CCCCCCCNc1c2c(nn1C)N(c1c(C)cc(C)cc1Cl)CCC2. The molecule has 0 bridgehead atoms. The number of nitrogens with one attached hydrogen (secondary N) is 1. The van der Waals surface area contributed by atoms with Gasteiger partial charge in [-0.3, -0.25) is 4.68 Å². The van der Waals surface area contributed by atoms with Crippen LogP contribution in [0, 0.1) is 13.8 Å². The van der Waals surface area contributed by atoms with Crippen LogP contribution in [0.4, 0.5) is 17.3 Å². The van der Waals surface area contributed by atoms with E-state index in [0.717, 1.165) is 42.5 Å². The van der Waals surface area contributed by atoms with Gasteiger partial charge in [0, 0.05) is 25.7 Å². The Labute approximate surface area is 168 Å². The van der Waals surface area contributed by atoms with E-state index < -0.39 is 0 Å². The molecule has 1 aromatic heterocycles. The minimum Gasteiger partial charge on any atom is -0.370 e. The van der Waals surface area contributed by atoms with Gasteiger partial charge < -0.3 is 10.2 Å². The van der Waals surface area contributed by atoms with E-state index in [1.807, 2.05) is 11.7 Å². The zero-order valence-corrected chi connectivity index (χ0v) is 18.0. The zero-order valence-electron chi connectivity index (χ0n) is 17.2. The van der Waals surface area contributed by atoms with Crippen LogP contribution in [-0.2, 0) is 13.5 Å². The van der Waals surface area contributed by atoms with Crippen LogP contribution in [0.15, 0.2) is 12.1 Å². The van der Waals surface area contributed by atoms with E-state index in [0.29, 0.717) is 0 Å². The fraction of sp³-hybridized carbons (Fsp3) is 0.591. The number of aromatic nitrogens is 2. The van der Waals surface area contributed by atoms with Crippen molar-refractivity contribution in [3.05, 3.63) is 33.8 Å². The molecule has 1 N–H and O–H groups in total. The third-order valence-corrected chi connectivity index (χ3v) is 5.72. The molecular weight excluding hydrogens is 356 g/mol. The summed E-state index contributed by atoms with van der Waals surface area (Å²) >= 11 is 6.63. The topological polar surface area (TPSA) is 33.1 Å². The van der Waals surface area contributed by atoms with Crippen molar-refractivity contribution in [2.45, 2.75) is 65.7 Å². The van der Waals surface area contributed by atoms with Gasteiger partial charge in [-0.05, 0) is 50.3 Å². The van der Waals surface area contributed by atoms with Crippen molar-refractivity contribution in [1.29, 1.82) is 0 Å². The molecule has 0 unspecified atom stereocenters. The second-order valence-corrected chi connectivity index (χ2v) is 8.19. The molecular formula is C22H33ClN4. The average molecular weight is 389 g/mol. The first-order chi connectivity index (χ1) is 13.0. The maximum absolute atomic E-state index is 6.63. The fourth-order valence-electron chi connectivity index (χ4n) is 4.14. The zero-order chi connectivity index (χ0) is 19.4. The largest absolute Gasteiger partial charge is 0.370 e. The molecule has 5 heteroatoms. The summed E-state index contributed by atoms with van der Waals surface area (Å²) in [4.78, 5) is 2.31. The maximum atomic E-state index is 6.63. The molecule has 1 aliphatic rings. The first kappa shape index (κ1) is 20.1. The Morgan fingerprint density at radius 1 is 1.15 bits per heavy atom. The Morgan fingerprint density at radius 3 is 2.67 bits per heavy atom. The first-order valence-corrected chi connectivity index (χ1v) is 10.7. The van der Waals surface area contributed by atoms with Gasteiger partial charge in [0.1, 0.15) is 5.82 Å². The van der Waals surface area contributed by atoms with Gasteiger partial charge in [-0.25, -0.2) is 0 Å². The van der Waals surface area contributed by atoms with Crippen LogP contribution in [0.1, 0.15) is 62.1 Å². The number of nitrogens with zero attached hydrogens (tertiary/aromatic N) is 3. The Hall–Kier alpha value is -1.68. The number of rotatable bonds is 8. The second-order valence-electron chi connectivity index (χ2n) is 7.78. The summed E-state index contributed by atoms with van der Waals surface area (Å²) in [5, 5.41) is 9.33. The van der Waals surface area contributed by atoms with Crippen LogP contribution in [0.25, 0.3) is 0 Å². The van der Waals surface area contributed by atoms with Crippen LogP contribution in [0.5, 0.6) is 0 Å². The molecule has 0 saturated carbocycles. The predicted molar refractivity (Wildman–Crippen MR) is 117 cm³/mol. The number of fused-ring (bicyclic) bond motifs is 1. The van der Waals surface area contributed by atoms with E-state index in [2.05, 4.69) is 43.1 Å². The van der Waals surface area contributed by atoms with Crippen molar-refractivity contribution in [3.63, 3.8) is 0 Å². The van der Waals surface area contributed by atoms with E-state index in [9.17, 15) is 0 Å². The molecule has 0 fully saturated rings. The van der Waals surface area contributed by atoms with Crippen LogP contribution in [0.3, 0.4) is 0 Å².